The van der Waals surface area contributed by atoms with Crippen molar-refractivity contribution in [3.63, 3.8) is 0 Å². The van der Waals surface area contributed by atoms with E-state index in [2.05, 4.69) is 35.1 Å². The third-order valence-electron chi connectivity index (χ3n) is 3.99. The summed E-state index contributed by atoms with van der Waals surface area (Å²) < 4.78 is 1.96. The van der Waals surface area contributed by atoms with Crippen molar-refractivity contribution in [2.24, 2.45) is 18.7 Å². The number of hydrogen-bond acceptors (Lipinski definition) is 3. The average molecular weight is 244 g/mol. The first-order valence-electron chi connectivity index (χ1n) is 6.58. The van der Waals surface area contributed by atoms with Crippen molar-refractivity contribution in [1.29, 1.82) is 0 Å². The molecular weight excluding hydrogens is 224 g/mol. The molecular formula is C14H20N4. The molecule has 0 saturated carbocycles. The summed E-state index contributed by atoms with van der Waals surface area (Å²) in [6.45, 7) is 5.06. The van der Waals surface area contributed by atoms with E-state index < -0.39 is 0 Å². The monoisotopic (exact) mass is 244 g/mol. The van der Waals surface area contributed by atoms with Crippen LogP contribution in [0.2, 0.25) is 0 Å². The van der Waals surface area contributed by atoms with Gasteiger partial charge in [-0.05, 0) is 37.9 Å². The minimum Gasteiger partial charge on any atom is -0.371 e. The highest BCUT2D eigenvalue weighted by Crippen LogP contribution is 2.32. The molecule has 1 atom stereocenters. The molecule has 2 aromatic rings. The molecule has 0 radical (unpaired) electrons. The smallest absolute Gasteiger partial charge is 0.0702 e. The molecule has 4 heteroatoms. The van der Waals surface area contributed by atoms with Crippen molar-refractivity contribution in [3.05, 3.63) is 23.9 Å². The van der Waals surface area contributed by atoms with Gasteiger partial charge in [-0.25, -0.2) is 0 Å². The molecule has 0 spiro atoms. The van der Waals surface area contributed by atoms with E-state index >= 15 is 0 Å². The first-order valence-corrected chi connectivity index (χ1v) is 6.58. The number of nitrogens with two attached hydrogens (primary N) is 1. The van der Waals surface area contributed by atoms with Crippen LogP contribution < -0.4 is 10.6 Å². The Morgan fingerprint density at radius 3 is 3.00 bits per heavy atom. The summed E-state index contributed by atoms with van der Waals surface area (Å²) in [7, 11) is 2.01. The summed E-state index contributed by atoms with van der Waals surface area (Å²) in [5, 5.41) is 5.82. The van der Waals surface area contributed by atoms with E-state index in [1.165, 1.54) is 23.0 Å². The van der Waals surface area contributed by atoms with Gasteiger partial charge in [-0.3, -0.25) is 4.68 Å². The Morgan fingerprint density at radius 1 is 1.44 bits per heavy atom. The zero-order valence-corrected chi connectivity index (χ0v) is 11.1. The van der Waals surface area contributed by atoms with Crippen molar-refractivity contribution >= 4 is 16.6 Å². The number of hydrogen-bond donors (Lipinski definition) is 1. The molecule has 1 saturated heterocycles. The van der Waals surface area contributed by atoms with E-state index in [1.807, 2.05) is 11.7 Å². The fourth-order valence-electron chi connectivity index (χ4n) is 3.00. The molecule has 1 aromatic heterocycles. The van der Waals surface area contributed by atoms with E-state index in [0.717, 1.165) is 25.3 Å². The van der Waals surface area contributed by atoms with Crippen LogP contribution >= 0.6 is 0 Å². The van der Waals surface area contributed by atoms with Crippen molar-refractivity contribution in [3.8, 4) is 0 Å². The number of aromatic nitrogens is 2. The topological polar surface area (TPSA) is 47.1 Å². The molecule has 0 aliphatic carbocycles. The lowest BCUT2D eigenvalue weighted by Gasteiger charge is -2.19. The molecule has 2 heterocycles. The minimum absolute atomic E-state index is 0.636. The third kappa shape index (κ3) is 1.68. The molecule has 1 aliphatic heterocycles. The van der Waals surface area contributed by atoms with Gasteiger partial charge in [-0.2, -0.15) is 5.10 Å². The molecule has 1 unspecified atom stereocenters. The van der Waals surface area contributed by atoms with Crippen LogP contribution in [0.3, 0.4) is 0 Å². The van der Waals surface area contributed by atoms with Gasteiger partial charge in [0.2, 0.25) is 0 Å². The van der Waals surface area contributed by atoms with Crippen molar-refractivity contribution in [2.45, 2.75) is 13.3 Å². The minimum atomic E-state index is 0.636. The lowest BCUT2D eigenvalue weighted by atomic mass is 10.1. The van der Waals surface area contributed by atoms with Crippen LogP contribution in [0, 0.1) is 12.8 Å². The summed E-state index contributed by atoms with van der Waals surface area (Å²) in [5.74, 6) is 0.636. The zero-order valence-electron chi connectivity index (χ0n) is 11.1. The predicted molar refractivity (Wildman–Crippen MR) is 74.8 cm³/mol. The average Bonchev–Trinajstić information content (AvgIpc) is 2.95. The molecule has 4 nitrogen and oxygen atoms in total. The van der Waals surface area contributed by atoms with Crippen LogP contribution in [0.5, 0.6) is 0 Å². The van der Waals surface area contributed by atoms with E-state index in [4.69, 9.17) is 5.73 Å². The first kappa shape index (κ1) is 11.5. The second-order valence-electron chi connectivity index (χ2n) is 5.22. The van der Waals surface area contributed by atoms with Gasteiger partial charge in [0.1, 0.15) is 0 Å². The number of benzene rings is 1. The largest absolute Gasteiger partial charge is 0.371 e. The van der Waals surface area contributed by atoms with Crippen LogP contribution in [-0.2, 0) is 7.05 Å². The Kier molecular flexibility index (Phi) is 2.74. The van der Waals surface area contributed by atoms with Crippen molar-refractivity contribution < 1.29 is 0 Å². The summed E-state index contributed by atoms with van der Waals surface area (Å²) in [5.41, 5.74) is 9.41. The van der Waals surface area contributed by atoms with E-state index in [0.29, 0.717) is 5.92 Å². The Bertz CT molecular complexity index is 572. The third-order valence-corrected chi connectivity index (χ3v) is 3.99. The molecule has 2 N–H and O–H groups in total. The lowest BCUT2D eigenvalue weighted by molar-refractivity contribution is 0.603. The quantitative estimate of drug-likeness (QED) is 0.874. The summed E-state index contributed by atoms with van der Waals surface area (Å²) in [4.78, 5) is 2.45. The summed E-state index contributed by atoms with van der Waals surface area (Å²) in [6, 6.07) is 6.46. The van der Waals surface area contributed by atoms with Crippen molar-refractivity contribution in [2.75, 3.05) is 24.5 Å². The molecule has 3 rings (SSSR count). The van der Waals surface area contributed by atoms with Gasteiger partial charge >= 0.3 is 0 Å². The SMILES string of the molecule is Cc1nn(C)c2cccc(N3CCC(CN)C3)c12. The molecule has 0 bridgehead atoms. The van der Waals surface area contributed by atoms with Gasteiger partial charge in [0.05, 0.1) is 11.2 Å². The normalized spacial score (nSPS) is 19.9. The Balaban J connectivity index is 2.07. The second kappa shape index (κ2) is 4.28. The Morgan fingerprint density at radius 2 is 2.28 bits per heavy atom. The Hall–Kier alpha value is -1.55. The van der Waals surface area contributed by atoms with Crippen LogP contribution in [0.4, 0.5) is 5.69 Å². The zero-order chi connectivity index (χ0) is 12.7. The van der Waals surface area contributed by atoms with Gasteiger partial charge < -0.3 is 10.6 Å². The summed E-state index contributed by atoms with van der Waals surface area (Å²) >= 11 is 0. The van der Waals surface area contributed by atoms with Gasteiger partial charge in [0.25, 0.3) is 0 Å². The maximum absolute atomic E-state index is 5.78. The maximum Gasteiger partial charge on any atom is 0.0702 e. The van der Waals surface area contributed by atoms with E-state index in [1.54, 1.807) is 0 Å². The second-order valence-corrected chi connectivity index (χ2v) is 5.22. The van der Waals surface area contributed by atoms with Crippen LogP contribution in [0.1, 0.15) is 12.1 Å². The van der Waals surface area contributed by atoms with Gasteiger partial charge in [0.15, 0.2) is 0 Å². The molecule has 1 aliphatic rings. The fourth-order valence-corrected chi connectivity index (χ4v) is 3.00. The molecule has 1 aromatic carbocycles. The van der Waals surface area contributed by atoms with Crippen LogP contribution in [-0.4, -0.2) is 29.4 Å². The highest BCUT2D eigenvalue weighted by Gasteiger charge is 2.23. The molecule has 1 fully saturated rings. The maximum atomic E-state index is 5.78. The Labute approximate surface area is 107 Å². The number of anilines is 1. The number of nitrogens with zero attached hydrogens (tertiary/aromatic N) is 3. The molecule has 0 amide bonds. The van der Waals surface area contributed by atoms with Gasteiger partial charge in [-0.1, -0.05) is 6.07 Å². The van der Waals surface area contributed by atoms with E-state index in [9.17, 15) is 0 Å². The molecule has 96 valence electrons. The standard InChI is InChI=1S/C14H20N4/c1-10-14-12(17(2)16-10)4-3-5-13(14)18-7-6-11(8-15)9-18/h3-5,11H,6-9,15H2,1-2H3. The van der Waals surface area contributed by atoms with Crippen molar-refractivity contribution in [1.82, 2.24) is 9.78 Å². The first-order chi connectivity index (χ1) is 8.70. The van der Waals surface area contributed by atoms with Crippen LogP contribution in [0.15, 0.2) is 18.2 Å². The molecule has 18 heavy (non-hydrogen) atoms. The number of fused-ring (bicyclic) bond motifs is 1. The highest BCUT2D eigenvalue weighted by molar-refractivity contribution is 5.94. The number of rotatable bonds is 2. The van der Waals surface area contributed by atoms with Gasteiger partial charge in [0, 0.05) is 31.2 Å². The lowest BCUT2D eigenvalue weighted by Crippen LogP contribution is -2.22. The highest BCUT2D eigenvalue weighted by atomic mass is 15.3. The number of aryl methyl sites for hydroxylation is 2. The predicted octanol–water partition coefficient (Wildman–Crippen LogP) is 1.67. The fraction of sp³-hybridized carbons (Fsp3) is 0.500. The summed E-state index contributed by atoms with van der Waals surface area (Å²) in [6.07, 6.45) is 1.20. The van der Waals surface area contributed by atoms with Gasteiger partial charge in [-0.15, -0.1) is 0 Å². The van der Waals surface area contributed by atoms with Crippen LogP contribution in [0.25, 0.3) is 10.9 Å². The van der Waals surface area contributed by atoms with E-state index in [-0.39, 0.29) is 0 Å².